The maximum atomic E-state index is 12.2. The minimum Gasteiger partial charge on any atom is -0.484 e. The maximum absolute atomic E-state index is 12.2. The Morgan fingerprint density at radius 2 is 1.94 bits per heavy atom. The first-order valence-corrected chi connectivity index (χ1v) is 11.2. The van der Waals surface area contributed by atoms with Gasteiger partial charge in [-0.2, -0.15) is 5.10 Å². The van der Waals surface area contributed by atoms with E-state index in [0.717, 1.165) is 15.6 Å². The summed E-state index contributed by atoms with van der Waals surface area (Å²) in [7, 11) is 0. The number of carbonyl (C=O) groups excluding carboxylic acids is 2. The Morgan fingerprint density at radius 1 is 1.06 bits per heavy atom. The zero-order chi connectivity index (χ0) is 21.5. The van der Waals surface area contributed by atoms with Crippen molar-refractivity contribution in [3.8, 4) is 15.6 Å². The molecule has 0 aliphatic heterocycles. The standard InChI is InChI=1S/C21H19N5O3S2/c27-19(22-9-16-14-31-21(25-16)18-7-4-8-30-18)12-26-11-15(10-23-26)24-20(28)13-29-17-5-2-1-3-6-17/h1-8,10-11,14H,9,12-13H2,(H,22,27)(H,24,28). The predicted molar refractivity (Wildman–Crippen MR) is 120 cm³/mol. The van der Waals surface area contributed by atoms with Gasteiger partial charge in [-0.1, -0.05) is 24.3 Å². The fourth-order valence-electron chi connectivity index (χ4n) is 2.67. The summed E-state index contributed by atoms with van der Waals surface area (Å²) >= 11 is 3.19. The van der Waals surface area contributed by atoms with E-state index in [1.165, 1.54) is 10.9 Å². The highest BCUT2D eigenvalue weighted by Crippen LogP contribution is 2.27. The van der Waals surface area contributed by atoms with E-state index in [-0.39, 0.29) is 25.0 Å². The van der Waals surface area contributed by atoms with Crippen LogP contribution < -0.4 is 15.4 Å². The molecule has 10 heteroatoms. The molecule has 3 aromatic heterocycles. The van der Waals surface area contributed by atoms with Gasteiger partial charge in [-0.3, -0.25) is 14.3 Å². The van der Waals surface area contributed by atoms with E-state index in [4.69, 9.17) is 4.74 Å². The number of thiophene rings is 1. The number of hydrogen-bond donors (Lipinski definition) is 2. The number of para-hydroxylation sites is 1. The molecule has 4 aromatic rings. The average molecular weight is 454 g/mol. The zero-order valence-electron chi connectivity index (χ0n) is 16.4. The maximum Gasteiger partial charge on any atom is 0.262 e. The Bertz CT molecular complexity index is 1140. The first kappa shape index (κ1) is 20.8. The SMILES string of the molecule is O=C(Cn1cc(NC(=O)COc2ccccc2)cn1)NCc1csc(-c2cccs2)n1. The Kier molecular flexibility index (Phi) is 6.70. The normalized spacial score (nSPS) is 10.6. The van der Waals surface area contributed by atoms with E-state index in [2.05, 4.69) is 20.7 Å². The van der Waals surface area contributed by atoms with Crippen LogP contribution in [0.2, 0.25) is 0 Å². The summed E-state index contributed by atoms with van der Waals surface area (Å²) in [5.41, 5.74) is 1.31. The lowest BCUT2D eigenvalue weighted by Gasteiger charge is -2.06. The minimum atomic E-state index is -0.307. The monoisotopic (exact) mass is 453 g/mol. The van der Waals surface area contributed by atoms with Gasteiger partial charge in [-0.25, -0.2) is 4.98 Å². The van der Waals surface area contributed by atoms with Crippen molar-refractivity contribution in [2.45, 2.75) is 13.1 Å². The fourth-order valence-corrected chi connectivity index (χ4v) is 4.30. The summed E-state index contributed by atoms with van der Waals surface area (Å²) in [4.78, 5) is 29.9. The summed E-state index contributed by atoms with van der Waals surface area (Å²) in [5.74, 6) is 0.115. The Hall–Kier alpha value is -3.50. The molecule has 0 saturated heterocycles. The van der Waals surface area contributed by atoms with Crippen molar-refractivity contribution < 1.29 is 14.3 Å². The molecule has 0 bridgehead atoms. The molecule has 31 heavy (non-hydrogen) atoms. The third-order valence-corrected chi connectivity index (χ3v) is 6.02. The van der Waals surface area contributed by atoms with Gasteiger partial charge in [0.2, 0.25) is 5.91 Å². The van der Waals surface area contributed by atoms with Gasteiger partial charge in [0.1, 0.15) is 17.3 Å². The number of anilines is 1. The first-order chi connectivity index (χ1) is 15.2. The van der Waals surface area contributed by atoms with Crippen molar-refractivity contribution in [2.24, 2.45) is 0 Å². The molecule has 8 nitrogen and oxygen atoms in total. The molecule has 0 aliphatic rings. The van der Waals surface area contributed by atoms with E-state index in [1.807, 2.05) is 41.1 Å². The van der Waals surface area contributed by atoms with E-state index >= 15 is 0 Å². The smallest absolute Gasteiger partial charge is 0.262 e. The lowest BCUT2D eigenvalue weighted by atomic mass is 10.3. The lowest BCUT2D eigenvalue weighted by molar-refractivity contribution is -0.122. The summed E-state index contributed by atoms with van der Waals surface area (Å²) in [6, 6.07) is 13.1. The van der Waals surface area contributed by atoms with Crippen molar-refractivity contribution in [3.63, 3.8) is 0 Å². The number of benzene rings is 1. The van der Waals surface area contributed by atoms with Crippen LogP contribution in [-0.4, -0.2) is 33.2 Å². The van der Waals surface area contributed by atoms with E-state index in [0.29, 0.717) is 18.0 Å². The summed E-state index contributed by atoms with van der Waals surface area (Å²) in [5, 5.41) is 14.5. The van der Waals surface area contributed by atoms with Crippen LogP contribution in [0.15, 0.2) is 65.6 Å². The summed E-state index contributed by atoms with van der Waals surface area (Å²) in [6.45, 7) is 0.275. The number of nitrogens with one attached hydrogen (secondary N) is 2. The van der Waals surface area contributed by atoms with Crippen LogP contribution in [0, 0.1) is 0 Å². The summed E-state index contributed by atoms with van der Waals surface area (Å²) in [6.07, 6.45) is 3.08. The van der Waals surface area contributed by atoms with Crippen molar-refractivity contribution in [2.75, 3.05) is 11.9 Å². The lowest BCUT2D eigenvalue weighted by Crippen LogP contribution is -2.27. The second kappa shape index (κ2) is 10.0. The van der Waals surface area contributed by atoms with E-state index < -0.39 is 0 Å². The molecule has 0 unspecified atom stereocenters. The molecule has 1 aromatic carbocycles. The van der Waals surface area contributed by atoms with Gasteiger partial charge in [0.15, 0.2) is 6.61 Å². The highest BCUT2D eigenvalue weighted by atomic mass is 32.1. The highest BCUT2D eigenvalue weighted by Gasteiger charge is 2.10. The van der Waals surface area contributed by atoms with Crippen LogP contribution >= 0.6 is 22.7 Å². The highest BCUT2D eigenvalue weighted by molar-refractivity contribution is 7.20. The number of aromatic nitrogens is 3. The molecule has 2 N–H and O–H groups in total. The Morgan fingerprint density at radius 3 is 2.74 bits per heavy atom. The topological polar surface area (TPSA) is 98.1 Å². The van der Waals surface area contributed by atoms with Crippen LogP contribution in [0.5, 0.6) is 5.75 Å². The van der Waals surface area contributed by atoms with Gasteiger partial charge in [-0.15, -0.1) is 22.7 Å². The Labute approximate surface area is 186 Å². The Balaban J connectivity index is 1.21. The van der Waals surface area contributed by atoms with Crippen LogP contribution in [0.25, 0.3) is 9.88 Å². The molecule has 0 radical (unpaired) electrons. The zero-order valence-corrected chi connectivity index (χ0v) is 18.0. The van der Waals surface area contributed by atoms with Gasteiger partial charge >= 0.3 is 0 Å². The van der Waals surface area contributed by atoms with Crippen LogP contribution in [0.4, 0.5) is 5.69 Å². The van der Waals surface area contributed by atoms with Gasteiger partial charge in [-0.05, 0) is 23.6 Å². The number of rotatable bonds is 9. The number of carbonyl (C=O) groups is 2. The number of ether oxygens (including phenoxy) is 1. The molecule has 0 spiro atoms. The number of nitrogens with zero attached hydrogens (tertiary/aromatic N) is 3. The average Bonchev–Trinajstić information content (AvgIpc) is 3.53. The molecular weight excluding hydrogens is 434 g/mol. The second-order valence-corrected chi connectivity index (χ2v) is 8.28. The quantitative estimate of drug-likeness (QED) is 0.405. The first-order valence-electron chi connectivity index (χ1n) is 9.41. The molecular formula is C21H19N5O3S2. The van der Waals surface area contributed by atoms with Crippen LogP contribution in [-0.2, 0) is 22.7 Å². The van der Waals surface area contributed by atoms with Gasteiger partial charge in [0.05, 0.1) is 29.0 Å². The third kappa shape index (κ3) is 6.00. The molecule has 0 fully saturated rings. The van der Waals surface area contributed by atoms with Crippen molar-refractivity contribution in [1.29, 1.82) is 0 Å². The minimum absolute atomic E-state index is 0.0400. The molecule has 4 rings (SSSR count). The summed E-state index contributed by atoms with van der Waals surface area (Å²) < 4.78 is 6.86. The molecule has 0 aliphatic carbocycles. The van der Waals surface area contributed by atoms with E-state index in [9.17, 15) is 9.59 Å². The fraction of sp³-hybridized carbons (Fsp3) is 0.143. The largest absolute Gasteiger partial charge is 0.484 e. The van der Waals surface area contributed by atoms with Gasteiger partial charge < -0.3 is 15.4 Å². The van der Waals surface area contributed by atoms with Crippen LogP contribution in [0.1, 0.15) is 5.69 Å². The second-order valence-electron chi connectivity index (χ2n) is 6.47. The number of thiazole rings is 1. The van der Waals surface area contributed by atoms with Crippen molar-refractivity contribution in [1.82, 2.24) is 20.1 Å². The number of amides is 2. The van der Waals surface area contributed by atoms with Crippen molar-refractivity contribution >= 4 is 40.2 Å². The van der Waals surface area contributed by atoms with Crippen molar-refractivity contribution in [3.05, 3.63) is 71.3 Å². The molecule has 2 amide bonds. The third-order valence-electron chi connectivity index (χ3n) is 4.09. The van der Waals surface area contributed by atoms with Gasteiger partial charge in [0, 0.05) is 11.6 Å². The molecule has 158 valence electrons. The molecule has 0 atom stereocenters. The number of hydrogen-bond acceptors (Lipinski definition) is 7. The molecule has 0 saturated carbocycles. The van der Waals surface area contributed by atoms with Gasteiger partial charge in [0.25, 0.3) is 5.91 Å². The van der Waals surface area contributed by atoms with Crippen LogP contribution in [0.3, 0.4) is 0 Å². The predicted octanol–water partition coefficient (Wildman–Crippen LogP) is 3.40. The van der Waals surface area contributed by atoms with E-state index in [1.54, 1.807) is 41.0 Å². The molecule has 3 heterocycles.